The van der Waals surface area contributed by atoms with Crippen LogP contribution >= 0.6 is 0 Å². The molecule has 3 aromatic rings. The Bertz CT molecular complexity index is 1140. The molecule has 6 heteroatoms. The van der Waals surface area contributed by atoms with Gasteiger partial charge < -0.3 is 9.84 Å². The van der Waals surface area contributed by atoms with E-state index in [-0.39, 0.29) is 5.69 Å². The first-order valence-electron chi connectivity index (χ1n) is 12.0. The molecule has 1 aromatic heterocycles. The average molecular weight is 449 g/mol. The van der Waals surface area contributed by atoms with Gasteiger partial charge in [0.25, 0.3) is 0 Å². The lowest BCUT2D eigenvalue weighted by Crippen LogP contribution is -2.29. The Balaban J connectivity index is 1.59. The molecule has 0 radical (unpaired) electrons. The van der Waals surface area contributed by atoms with Gasteiger partial charge in [-0.15, -0.1) is 0 Å². The molecule has 0 aliphatic heterocycles. The van der Waals surface area contributed by atoms with E-state index < -0.39 is 6.16 Å². The third kappa shape index (κ3) is 5.38. The maximum absolute atomic E-state index is 13.3. The Morgan fingerprint density at radius 3 is 2.48 bits per heavy atom. The van der Waals surface area contributed by atoms with Crippen LogP contribution < -0.4 is 10.4 Å². The second kappa shape index (κ2) is 10.6. The van der Waals surface area contributed by atoms with Crippen LogP contribution in [-0.4, -0.2) is 20.4 Å². The minimum atomic E-state index is -1.33. The number of carboxylic acid groups (broad SMARTS) is 1. The molecule has 6 nitrogen and oxygen atoms in total. The van der Waals surface area contributed by atoms with Crippen LogP contribution in [0.4, 0.5) is 4.79 Å². The third-order valence-electron chi connectivity index (χ3n) is 6.53. The van der Waals surface area contributed by atoms with E-state index in [0.29, 0.717) is 18.3 Å². The number of ether oxygens (including phenoxy) is 1. The zero-order chi connectivity index (χ0) is 23.2. The molecule has 1 aliphatic carbocycles. The van der Waals surface area contributed by atoms with Crippen molar-refractivity contribution in [2.75, 3.05) is 0 Å². The summed E-state index contributed by atoms with van der Waals surface area (Å²) in [5, 5.41) is 9.00. The second-order valence-corrected chi connectivity index (χ2v) is 8.85. The zero-order valence-corrected chi connectivity index (χ0v) is 19.2. The summed E-state index contributed by atoms with van der Waals surface area (Å²) in [7, 11) is 0. The van der Waals surface area contributed by atoms with Gasteiger partial charge in [0, 0.05) is 23.5 Å². The van der Waals surface area contributed by atoms with Crippen LogP contribution in [0.5, 0.6) is 5.75 Å². The molecule has 1 fully saturated rings. The van der Waals surface area contributed by atoms with Gasteiger partial charge in [-0.1, -0.05) is 75.1 Å². The number of unbranched alkanes of at least 4 members (excludes halogenated alkanes) is 1. The highest BCUT2D eigenvalue weighted by Gasteiger charge is 2.20. The highest BCUT2D eigenvalue weighted by Crippen LogP contribution is 2.30. The molecule has 0 atom stereocenters. The van der Waals surface area contributed by atoms with Crippen LogP contribution in [0.2, 0.25) is 0 Å². The summed E-state index contributed by atoms with van der Waals surface area (Å²) in [4.78, 5) is 24.4. The number of hydrogen-bond donors (Lipinski definition) is 1. The van der Waals surface area contributed by atoms with Gasteiger partial charge >= 0.3 is 11.8 Å². The van der Waals surface area contributed by atoms with Crippen molar-refractivity contribution in [1.82, 2.24) is 9.13 Å². The Morgan fingerprint density at radius 1 is 1.06 bits per heavy atom. The van der Waals surface area contributed by atoms with E-state index in [0.717, 1.165) is 54.5 Å². The van der Waals surface area contributed by atoms with E-state index >= 15 is 0 Å². The quantitative estimate of drug-likeness (QED) is 0.326. The van der Waals surface area contributed by atoms with Crippen molar-refractivity contribution in [3.05, 3.63) is 76.5 Å². The van der Waals surface area contributed by atoms with Crippen LogP contribution in [0.15, 0.2) is 59.5 Å². The minimum absolute atomic E-state index is 0.0947. The largest absolute Gasteiger partial charge is 0.511 e. The average Bonchev–Trinajstić information content (AvgIpc) is 3.14. The Morgan fingerprint density at radius 2 is 1.79 bits per heavy atom. The summed E-state index contributed by atoms with van der Waals surface area (Å²) in [6.07, 6.45) is 9.66. The number of aryl methyl sites for hydroxylation is 1. The molecule has 2 aromatic carbocycles. The molecular weight excluding hydrogens is 416 g/mol. The molecule has 0 bridgehead atoms. The topological polar surface area (TPSA) is 73.5 Å². The molecule has 174 valence electrons. The fourth-order valence-corrected chi connectivity index (χ4v) is 4.76. The Kier molecular flexibility index (Phi) is 7.33. The van der Waals surface area contributed by atoms with E-state index in [9.17, 15) is 9.59 Å². The molecule has 1 N–H and O–H groups in total. The van der Waals surface area contributed by atoms with E-state index in [1.165, 1.54) is 19.3 Å². The lowest BCUT2D eigenvalue weighted by molar-refractivity contribution is 0.144. The summed E-state index contributed by atoms with van der Waals surface area (Å²) in [6.45, 7) is 2.70. The SMILES string of the molecule is CCCCc1cn(C2CCCCC2)c(=O)n1Cc1ccc(-c2ccccc2OC(=O)O)cc1. The molecule has 1 saturated carbocycles. The zero-order valence-electron chi connectivity index (χ0n) is 19.2. The van der Waals surface area contributed by atoms with Crippen molar-refractivity contribution in [3.8, 4) is 16.9 Å². The van der Waals surface area contributed by atoms with Crippen LogP contribution in [0.25, 0.3) is 11.1 Å². The molecule has 4 rings (SSSR count). The standard InChI is InChI=1S/C27H32N2O4/c1-2-3-9-23-19-29(22-10-5-4-6-11-22)26(30)28(23)18-20-14-16-21(17-15-20)24-12-7-8-13-25(24)33-27(31)32/h7-8,12-17,19,22H,2-6,9-11,18H2,1H3,(H,31,32). The van der Waals surface area contributed by atoms with Gasteiger partial charge in [0.05, 0.1) is 6.54 Å². The first-order chi connectivity index (χ1) is 16.1. The van der Waals surface area contributed by atoms with Gasteiger partial charge in [-0.2, -0.15) is 0 Å². The highest BCUT2D eigenvalue weighted by molar-refractivity contribution is 5.74. The number of carbonyl (C=O) groups is 1. The number of hydrogen-bond acceptors (Lipinski definition) is 3. The predicted molar refractivity (Wildman–Crippen MR) is 129 cm³/mol. The normalized spacial score (nSPS) is 14.3. The Labute approximate surface area is 194 Å². The van der Waals surface area contributed by atoms with Crippen molar-refractivity contribution < 1.29 is 14.6 Å². The summed E-state index contributed by atoms with van der Waals surface area (Å²) < 4.78 is 8.84. The van der Waals surface area contributed by atoms with Crippen molar-refractivity contribution in [2.24, 2.45) is 0 Å². The molecule has 33 heavy (non-hydrogen) atoms. The number of nitrogens with zero attached hydrogens (tertiary/aromatic N) is 2. The van der Waals surface area contributed by atoms with Gasteiger partial charge in [-0.3, -0.25) is 9.13 Å². The van der Waals surface area contributed by atoms with Crippen molar-refractivity contribution >= 4 is 6.16 Å². The van der Waals surface area contributed by atoms with Crippen LogP contribution in [0, 0.1) is 0 Å². The minimum Gasteiger partial charge on any atom is -0.449 e. The molecule has 0 amide bonds. The molecule has 0 unspecified atom stereocenters. The van der Waals surface area contributed by atoms with Gasteiger partial charge in [0.1, 0.15) is 5.75 Å². The second-order valence-electron chi connectivity index (χ2n) is 8.85. The number of aromatic nitrogens is 2. The van der Waals surface area contributed by atoms with Crippen LogP contribution in [0.1, 0.15) is 69.2 Å². The Hall–Kier alpha value is -3.28. The monoisotopic (exact) mass is 448 g/mol. The van der Waals surface area contributed by atoms with Gasteiger partial charge in [0.2, 0.25) is 0 Å². The van der Waals surface area contributed by atoms with E-state index in [1.807, 2.05) is 45.5 Å². The smallest absolute Gasteiger partial charge is 0.449 e. The lowest BCUT2D eigenvalue weighted by atomic mass is 9.95. The number of imidazole rings is 1. The van der Waals surface area contributed by atoms with E-state index in [4.69, 9.17) is 9.84 Å². The van der Waals surface area contributed by atoms with Gasteiger partial charge in [-0.25, -0.2) is 9.59 Å². The first-order valence-corrected chi connectivity index (χ1v) is 12.0. The molecule has 0 spiro atoms. The molecule has 1 aliphatic rings. The summed E-state index contributed by atoms with van der Waals surface area (Å²) >= 11 is 0. The summed E-state index contributed by atoms with van der Waals surface area (Å²) in [5.41, 5.74) is 3.83. The van der Waals surface area contributed by atoms with Crippen molar-refractivity contribution in [2.45, 2.75) is 70.9 Å². The molecule has 1 heterocycles. The lowest BCUT2D eigenvalue weighted by Gasteiger charge is -2.22. The molecular formula is C27H32N2O4. The number of rotatable bonds is 8. The number of benzene rings is 2. The van der Waals surface area contributed by atoms with Crippen molar-refractivity contribution in [1.29, 1.82) is 0 Å². The van der Waals surface area contributed by atoms with Crippen LogP contribution in [0.3, 0.4) is 0 Å². The summed E-state index contributed by atoms with van der Waals surface area (Å²) in [6, 6.07) is 15.3. The fraction of sp³-hybridized carbons (Fsp3) is 0.407. The fourth-order valence-electron chi connectivity index (χ4n) is 4.76. The third-order valence-corrected chi connectivity index (χ3v) is 6.53. The van der Waals surface area contributed by atoms with Crippen LogP contribution in [-0.2, 0) is 13.0 Å². The predicted octanol–water partition coefficient (Wildman–Crippen LogP) is 6.27. The van der Waals surface area contributed by atoms with Crippen molar-refractivity contribution in [3.63, 3.8) is 0 Å². The highest BCUT2D eigenvalue weighted by atomic mass is 16.7. The summed E-state index contributed by atoms with van der Waals surface area (Å²) in [5.74, 6) is 0.306. The first kappa shape index (κ1) is 22.9. The number of para-hydroxylation sites is 1. The molecule has 0 saturated heterocycles. The van der Waals surface area contributed by atoms with Gasteiger partial charge in [-0.05, 0) is 42.9 Å². The van der Waals surface area contributed by atoms with Gasteiger partial charge in [0.15, 0.2) is 0 Å². The maximum Gasteiger partial charge on any atom is 0.511 e. The van der Waals surface area contributed by atoms with E-state index in [2.05, 4.69) is 13.1 Å². The van der Waals surface area contributed by atoms with E-state index in [1.54, 1.807) is 12.1 Å². The maximum atomic E-state index is 13.3.